The number of methoxy groups -OCH3 is 1. The molecule has 0 spiro atoms. The Balaban J connectivity index is 1.60. The molecule has 34 heavy (non-hydrogen) atoms. The first-order chi connectivity index (χ1) is 16.4. The number of aliphatic imine (C=N–C) groups is 1. The fourth-order valence-electron chi connectivity index (χ4n) is 3.32. The highest BCUT2D eigenvalue weighted by Gasteiger charge is 2.25. The minimum absolute atomic E-state index is 0.147. The van der Waals surface area contributed by atoms with E-state index in [2.05, 4.69) is 32.9 Å². The summed E-state index contributed by atoms with van der Waals surface area (Å²) in [6, 6.07) is 20.3. The Bertz CT molecular complexity index is 1300. The van der Waals surface area contributed by atoms with Gasteiger partial charge in [-0.15, -0.1) is 0 Å². The summed E-state index contributed by atoms with van der Waals surface area (Å²) in [4.78, 5) is 28.1. The summed E-state index contributed by atoms with van der Waals surface area (Å²) in [7, 11) is 1.56. The van der Waals surface area contributed by atoms with E-state index >= 15 is 0 Å². The molecule has 0 saturated heterocycles. The topological polar surface area (TPSA) is 86.2 Å². The monoisotopic (exact) mass is 568 g/mol. The summed E-state index contributed by atoms with van der Waals surface area (Å²) in [6.45, 7) is 1.78. The maximum Gasteiger partial charge on any atom is 0.363 e. The lowest BCUT2D eigenvalue weighted by atomic mass is 10.1. The van der Waals surface area contributed by atoms with Gasteiger partial charge in [0.25, 0.3) is 0 Å². The van der Waals surface area contributed by atoms with Crippen LogP contribution >= 0.6 is 22.6 Å². The number of para-hydroxylation sites is 1. The number of halogens is 1. The Morgan fingerprint density at radius 3 is 2.59 bits per heavy atom. The van der Waals surface area contributed by atoms with Gasteiger partial charge in [-0.25, -0.2) is 9.79 Å². The molecule has 1 heterocycles. The van der Waals surface area contributed by atoms with Crippen molar-refractivity contribution in [3.8, 4) is 11.5 Å². The molecule has 1 aliphatic rings. The number of carbonyl (C=O) groups excluding carboxylic acids is 2. The minimum atomic E-state index is -0.563. The number of nitrogens with one attached hydrogen (secondary N) is 1. The third-order valence-electron chi connectivity index (χ3n) is 4.87. The lowest BCUT2D eigenvalue weighted by Crippen LogP contribution is -2.07. The summed E-state index contributed by atoms with van der Waals surface area (Å²) in [5.74, 6) is 0.514. The first kappa shape index (κ1) is 23.5. The average molecular weight is 568 g/mol. The van der Waals surface area contributed by atoms with Crippen molar-refractivity contribution in [2.75, 3.05) is 12.4 Å². The number of hydrogen-bond acceptors (Lipinski definition) is 6. The van der Waals surface area contributed by atoms with Crippen LogP contribution in [0.2, 0.25) is 0 Å². The number of rotatable bonds is 7. The van der Waals surface area contributed by atoms with Gasteiger partial charge in [0, 0.05) is 27.3 Å². The third-order valence-corrected chi connectivity index (χ3v) is 5.54. The van der Waals surface area contributed by atoms with Crippen molar-refractivity contribution in [1.29, 1.82) is 0 Å². The van der Waals surface area contributed by atoms with Crippen molar-refractivity contribution in [3.05, 3.63) is 92.7 Å². The van der Waals surface area contributed by atoms with Crippen molar-refractivity contribution in [2.45, 2.75) is 13.5 Å². The summed E-state index contributed by atoms with van der Waals surface area (Å²) in [5, 5.41) is 2.69. The maximum absolute atomic E-state index is 12.5. The Kier molecular flexibility index (Phi) is 7.27. The quantitative estimate of drug-likeness (QED) is 0.241. The van der Waals surface area contributed by atoms with E-state index in [9.17, 15) is 9.59 Å². The number of cyclic esters (lactones) is 1. The molecule has 4 rings (SSSR count). The number of esters is 1. The van der Waals surface area contributed by atoms with Gasteiger partial charge in [-0.1, -0.05) is 24.3 Å². The molecule has 0 fully saturated rings. The van der Waals surface area contributed by atoms with E-state index in [4.69, 9.17) is 14.2 Å². The van der Waals surface area contributed by atoms with Crippen molar-refractivity contribution in [2.24, 2.45) is 4.99 Å². The Hall–Kier alpha value is -3.66. The van der Waals surface area contributed by atoms with Crippen LogP contribution in [0.5, 0.6) is 11.5 Å². The predicted octanol–water partition coefficient (Wildman–Crippen LogP) is 5.18. The van der Waals surface area contributed by atoms with Gasteiger partial charge >= 0.3 is 5.97 Å². The van der Waals surface area contributed by atoms with E-state index < -0.39 is 5.97 Å². The molecule has 0 unspecified atom stereocenters. The SMILES string of the molecule is COc1cccc(/C=C2\N=C(c3ccc(NC(C)=O)cc3)OC2=O)c1OCc1cccc(I)c1. The smallest absolute Gasteiger partial charge is 0.363 e. The van der Waals surface area contributed by atoms with Crippen LogP contribution in [-0.2, 0) is 20.9 Å². The van der Waals surface area contributed by atoms with E-state index in [0.29, 0.717) is 34.9 Å². The average Bonchev–Trinajstić information content (AvgIpc) is 3.18. The fourth-order valence-corrected chi connectivity index (χ4v) is 3.93. The largest absolute Gasteiger partial charge is 0.493 e. The van der Waals surface area contributed by atoms with Gasteiger partial charge in [-0.3, -0.25) is 4.79 Å². The van der Waals surface area contributed by atoms with Crippen molar-refractivity contribution >= 4 is 52.1 Å². The molecule has 0 saturated carbocycles. The van der Waals surface area contributed by atoms with Gasteiger partial charge in [-0.2, -0.15) is 0 Å². The van der Waals surface area contributed by atoms with Gasteiger partial charge < -0.3 is 19.5 Å². The maximum atomic E-state index is 12.5. The molecule has 172 valence electrons. The molecule has 3 aromatic carbocycles. The number of ether oxygens (including phenoxy) is 3. The van der Waals surface area contributed by atoms with Crippen LogP contribution in [0.3, 0.4) is 0 Å². The van der Waals surface area contributed by atoms with E-state index in [1.54, 1.807) is 43.5 Å². The van der Waals surface area contributed by atoms with Crippen molar-refractivity contribution in [3.63, 3.8) is 0 Å². The first-order valence-electron chi connectivity index (χ1n) is 10.4. The van der Waals surface area contributed by atoms with Gasteiger partial charge in [0.15, 0.2) is 17.2 Å². The van der Waals surface area contributed by atoms with Crippen LogP contribution in [0.25, 0.3) is 6.08 Å². The predicted molar refractivity (Wildman–Crippen MR) is 138 cm³/mol. The first-order valence-corrected chi connectivity index (χ1v) is 11.5. The third kappa shape index (κ3) is 5.63. The molecule has 1 amide bonds. The van der Waals surface area contributed by atoms with Gasteiger partial charge in [0.2, 0.25) is 11.8 Å². The number of amides is 1. The summed E-state index contributed by atoms with van der Waals surface area (Å²) in [6.07, 6.45) is 1.62. The molecule has 1 aliphatic heterocycles. The Morgan fingerprint density at radius 2 is 1.88 bits per heavy atom. The normalized spacial score (nSPS) is 13.9. The van der Waals surface area contributed by atoms with E-state index in [0.717, 1.165) is 9.13 Å². The van der Waals surface area contributed by atoms with Crippen LogP contribution in [0, 0.1) is 3.57 Å². The molecule has 0 bridgehead atoms. The number of anilines is 1. The zero-order valence-corrected chi connectivity index (χ0v) is 20.7. The molecule has 0 atom stereocenters. The number of carbonyl (C=O) groups is 2. The molecular formula is C26H21IN2O5. The summed E-state index contributed by atoms with van der Waals surface area (Å²) in [5.41, 5.74) is 3.06. The van der Waals surface area contributed by atoms with E-state index in [1.807, 2.05) is 36.4 Å². The zero-order valence-electron chi connectivity index (χ0n) is 18.5. The Labute approximate surface area is 210 Å². The second-order valence-electron chi connectivity index (χ2n) is 7.39. The second-order valence-corrected chi connectivity index (χ2v) is 8.64. The van der Waals surface area contributed by atoms with E-state index in [-0.39, 0.29) is 17.5 Å². The summed E-state index contributed by atoms with van der Waals surface area (Å²) >= 11 is 2.25. The minimum Gasteiger partial charge on any atom is -0.493 e. The molecule has 3 aromatic rings. The highest BCUT2D eigenvalue weighted by atomic mass is 127. The van der Waals surface area contributed by atoms with E-state index in [1.165, 1.54) is 6.92 Å². The fraction of sp³-hybridized carbons (Fsp3) is 0.115. The standard InChI is InChI=1S/C26H21IN2O5/c1-16(30)28-21-11-9-18(10-12-21)25-29-22(26(31)34-25)14-19-6-4-8-23(32-2)24(19)33-15-17-5-3-7-20(27)13-17/h3-14H,15H2,1-2H3,(H,28,30)/b22-14-. The molecule has 8 heteroatoms. The molecule has 7 nitrogen and oxygen atoms in total. The molecule has 0 aliphatic carbocycles. The number of nitrogens with zero attached hydrogens (tertiary/aromatic N) is 1. The highest BCUT2D eigenvalue weighted by Crippen LogP contribution is 2.34. The number of hydrogen-bond donors (Lipinski definition) is 1. The van der Waals surface area contributed by atoms with Crippen LogP contribution in [0.1, 0.15) is 23.6 Å². The summed E-state index contributed by atoms with van der Waals surface area (Å²) < 4.78 is 18.1. The van der Waals surface area contributed by atoms with Crippen LogP contribution in [0.4, 0.5) is 5.69 Å². The molecule has 0 aromatic heterocycles. The Morgan fingerprint density at radius 1 is 1.12 bits per heavy atom. The number of benzene rings is 3. The van der Waals surface area contributed by atoms with Gasteiger partial charge in [0.1, 0.15) is 6.61 Å². The highest BCUT2D eigenvalue weighted by molar-refractivity contribution is 14.1. The van der Waals surface area contributed by atoms with Crippen molar-refractivity contribution in [1.82, 2.24) is 0 Å². The lowest BCUT2D eigenvalue weighted by molar-refractivity contribution is -0.129. The second kappa shape index (κ2) is 10.5. The van der Waals surface area contributed by atoms with Crippen LogP contribution in [0.15, 0.2) is 77.4 Å². The van der Waals surface area contributed by atoms with Gasteiger partial charge in [-0.05, 0) is 76.7 Å². The molecule has 0 radical (unpaired) electrons. The zero-order chi connectivity index (χ0) is 24.1. The molecule has 1 N–H and O–H groups in total. The van der Waals surface area contributed by atoms with Crippen molar-refractivity contribution < 1.29 is 23.8 Å². The van der Waals surface area contributed by atoms with Gasteiger partial charge in [0.05, 0.1) is 7.11 Å². The van der Waals surface area contributed by atoms with Crippen LogP contribution in [-0.4, -0.2) is 24.9 Å². The van der Waals surface area contributed by atoms with Crippen LogP contribution < -0.4 is 14.8 Å². The lowest BCUT2D eigenvalue weighted by Gasteiger charge is -2.13. The molecular weight excluding hydrogens is 547 g/mol.